The van der Waals surface area contributed by atoms with Crippen molar-refractivity contribution in [2.45, 2.75) is 18.3 Å². The number of carbonyl (C=O) groups is 4. The molecule has 0 unspecified atom stereocenters. The number of allylic oxidation sites excluding steroid dienone is 1. The molecule has 3 heterocycles. The number of carbonyl (C=O) groups excluding carboxylic acids is 3. The molecule has 1 aromatic rings. The Morgan fingerprint density at radius 1 is 1.40 bits per heavy atom. The van der Waals surface area contributed by atoms with Crippen LogP contribution < -0.4 is 11.1 Å². The Balaban J connectivity index is 1.75. The summed E-state index contributed by atoms with van der Waals surface area (Å²) in [7, 11) is 5.04. The summed E-state index contributed by atoms with van der Waals surface area (Å²) < 4.78 is 4.35. The van der Waals surface area contributed by atoms with Crippen LogP contribution in [0.4, 0.5) is 5.13 Å². The number of quaternary nitrogens is 1. The van der Waals surface area contributed by atoms with Crippen molar-refractivity contribution in [1.29, 1.82) is 0 Å². The van der Waals surface area contributed by atoms with E-state index in [-0.39, 0.29) is 28.1 Å². The molecule has 0 aromatic carbocycles. The Morgan fingerprint density at radius 3 is 2.69 bits per heavy atom. The number of nitrogen functional groups attached to an aromatic ring is 1. The first-order chi connectivity index (χ1) is 16.4. The van der Waals surface area contributed by atoms with Crippen molar-refractivity contribution in [2.24, 2.45) is 5.16 Å². The quantitative estimate of drug-likeness (QED) is 0.155. The number of amides is 2. The molecule has 188 valence electrons. The Hall–Kier alpha value is -3.30. The number of ketones is 1. The highest BCUT2D eigenvalue weighted by atomic mass is 32.2. The number of likely N-dealkylation sites (N-methyl/N-ethyl adjacent to an activating group) is 1. The number of hydrogen-bond donors (Lipinski definition) is 3. The van der Waals surface area contributed by atoms with Gasteiger partial charge in [-0.25, -0.2) is 4.79 Å². The lowest BCUT2D eigenvalue weighted by atomic mass is 10.0. The van der Waals surface area contributed by atoms with Gasteiger partial charge in [-0.15, -0.1) is 11.8 Å². The van der Waals surface area contributed by atoms with E-state index < -0.39 is 29.2 Å². The number of anilines is 1. The van der Waals surface area contributed by atoms with E-state index in [2.05, 4.69) is 19.8 Å². The van der Waals surface area contributed by atoms with Gasteiger partial charge in [0.25, 0.3) is 11.8 Å². The predicted molar refractivity (Wildman–Crippen MR) is 129 cm³/mol. The molecule has 2 amide bonds. The lowest BCUT2D eigenvalue weighted by Gasteiger charge is -2.49. The van der Waals surface area contributed by atoms with Crippen LogP contribution in [0, 0.1) is 0 Å². The van der Waals surface area contributed by atoms with Gasteiger partial charge >= 0.3 is 5.97 Å². The van der Waals surface area contributed by atoms with Gasteiger partial charge < -0.3 is 25.5 Å². The number of aromatic nitrogens is 2. The highest BCUT2D eigenvalue weighted by molar-refractivity contribution is 8.00. The molecule has 13 nitrogen and oxygen atoms in total. The first kappa shape index (κ1) is 26.3. The zero-order chi connectivity index (χ0) is 25.9. The number of thioether (sulfide) groups is 1. The maximum atomic E-state index is 12.9. The fraction of sp³-hybridized carbons (Fsp3) is 0.450. The van der Waals surface area contributed by atoms with E-state index in [9.17, 15) is 24.3 Å². The number of β-lactam (4-membered cyclic amide) rings is 1. The maximum absolute atomic E-state index is 12.9. The van der Waals surface area contributed by atoms with Crippen LogP contribution in [0.5, 0.6) is 0 Å². The van der Waals surface area contributed by atoms with Gasteiger partial charge in [0.2, 0.25) is 11.5 Å². The number of oxime groups is 1. The molecule has 2 atom stereocenters. The molecule has 4 N–H and O–H groups in total. The summed E-state index contributed by atoms with van der Waals surface area (Å²) in [4.78, 5) is 58.9. The molecule has 15 heteroatoms. The second kappa shape index (κ2) is 10.5. The maximum Gasteiger partial charge on any atom is 0.352 e. The van der Waals surface area contributed by atoms with Crippen LogP contribution in [0.2, 0.25) is 0 Å². The number of rotatable bonds is 10. The third kappa shape index (κ3) is 5.86. The number of hydrogen-bond acceptors (Lipinski definition) is 11. The van der Waals surface area contributed by atoms with Gasteiger partial charge in [-0.1, -0.05) is 11.2 Å². The third-order valence-electron chi connectivity index (χ3n) is 5.11. The molecule has 1 aromatic heterocycles. The van der Waals surface area contributed by atoms with Crippen molar-refractivity contribution in [3.05, 3.63) is 29.2 Å². The molecule has 1 saturated heterocycles. The van der Waals surface area contributed by atoms with Gasteiger partial charge in [-0.2, -0.15) is 9.36 Å². The molecule has 2 aliphatic heterocycles. The minimum absolute atomic E-state index is 0.0450. The van der Waals surface area contributed by atoms with Crippen molar-refractivity contribution in [2.75, 3.05) is 45.8 Å². The fourth-order valence-corrected chi connectivity index (χ4v) is 5.49. The topological polar surface area (TPSA) is 177 Å². The van der Waals surface area contributed by atoms with Crippen LogP contribution in [0.25, 0.3) is 0 Å². The second-order valence-corrected chi connectivity index (χ2v) is 10.4. The van der Waals surface area contributed by atoms with E-state index in [1.54, 1.807) is 12.2 Å². The normalized spacial score (nSPS) is 20.5. The SMILES string of the molecule is CON=C(C(=O)N[C@@H]1C(=O)N2C(C(=O)O)=C(C=CC[N+](C)(C)CC(C)=O)CS[C@@H]12)c1nsc(N)n1. The highest BCUT2D eigenvalue weighted by Crippen LogP contribution is 2.40. The second-order valence-electron chi connectivity index (χ2n) is 8.50. The molecule has 1 fully saturated rings. The number of carboxylic acids is 1. The van der Waals surface area contributed by atoms with Crippen molar-refractivity contribution in [3.63, 3.8) is 0 Å². The highest BCUT2D eigenvalue weighted by Gasteiger charge is 2.54. The molecule has 0 saturated carbocycles. The van der Waals surface area contributed by atoms with E-state index in [4.69, 9.17) is 10.6 Å². The van der Waals surface area contributed by atoms with Crippen molar-refractivity contribution < 1.29 is 33.6 Å². The minimum atomic E-state index is -1.24. The van der Waals surface area contributed by atoms with Gasteiger partial charge in [0.1, 0.15) is 30.8 Å². The monoisotopic (exact) mass is 524 g/mol. The fourth-order valence-electron chi connectivity index (χ4n) is 3.73. The Labute approximate surface area is 209 Å². The van der Waals surface area contributed by atoms with Crippen LogP contribution in [0.3, 0.4) is 0 Å². The number of aliphatic carboxylic acids is 1. The van der Waals surface area contributed by atoms with Gasteiger partial charge in [-0.3, -0.25) is 19.3 Å². The van der Waals surface area contributed by atoms with Crippen molar-refractivity contribution >= 4 is 57.7 Å². The van der Waals surface area contributed by atoms with Gasteiger partial charge in [0.05, 0.1) is 20.6 Å². The number of nitrogens with one attached hydrogen (secondary N) is 1. The summed E-state index contributed by atoms with van der Waals surface area (Å²) in [5, 5.41) is 15.5. The van der Waals surface area contributed by atoms with Crippen LogP contribution >= 0.6 is 23.3 Å². The summed E-state index contributed by atoms with van der Waals surface area (Å²) in [5.41, 5.74) is 5.66. The summed E-state index contributed by atoms with van der Waals surface area (Å²) in [5.74, 6) is -2.22. The van der Waals surface area contributed by atoms with Crippen LogP contribution in [0.1, 0.15) is 12.7 Å². The van der Waals surface area contributed by atoms with Crippen molar-refractivity contribution in [3.8, 4) is 0 Å². The Morgan fingerprint density at radius 2 is 2.11 bits per heavy atom. The molecule has 0 aliphatic carbocycles. The van der Waals surface area contributed by atoms with Gasteiger partial charge in [0.15, 0.2) is 10.9 Å². The van der Waals surface area contributed by atoms with E-state index in [0.29, 0.717) is 28.9 Å². The summed E-state index contributed by atoms with van der Waals surface area (Å²) in [6.07, 6.45) is 3.47. The number of carboxylic acid groups (broad SMARTS) is 1. The van der Waals surface area contributed by atoms with Gasteiger partial charge in [-0.05, 0) is 11.6 Å². The lowest BCUT2D eigenvalue weighted by molar-refractivity contribution is -0.876. The van der Waals surface area contributed by atoms with Crippen molar-refractivity contribution in [1.82, 2.24) is 19.6 Å². The van der Waals surface area contributed by atoms with Crippen LogP contribution in [-0.4, -0.2) is 105 Å². The van der Waals surface area contributed by atoms with E-state index in [1.165, 1.54) is 30.7 Å². The first-order valence-corrected chi connectivity index (χ1v) is 12.2. The average Bonchev–Trinajstić information content (AvgIpc) is 3.19. The number of nitrogens with two attached hydrogens (primary N) is 1. The van der Waals surface area contributed by atoms with E-state index in [1.807, 2.05) is 14.1 Å². The molecule has 0 spiro atoms. The third-order valence-corrected chi connectivity index (χ3v) is 6.95. The standard InChI is InChI=1S/C20H25N7O6S2/c1-10(28)8-27(2,3)7-5-6-11-9-34-18-13(17(30)26(18)14(11)19(31)32)22-16(29)12(24-33-4)15-23-20(21)35-25-15/h5-6,13,18H,7-9H2,1-4H3,(H3-,21,22,23,25,29,31,32)/p+1/t13-,18+/m1/s1. The summed E-state index contributed by atoms with van der Waals surface area (Å²) in [6, 6.07) is -0.961. The summed E-state index contributed by atoms with van der Waals surface area (Å²) in [6.45, 7) is 2.37. The molecule has 2 aliphatic rings. The molecular formula is C20H26N7O6S2+. The molecule has 35 heavy (non-hydrogen) atoms. The molecular weight excluding hydrogens is 498 g/mol. The number of Topliss-reactive ketones (excluding diaryl/α,β-unsaturated/α-hetero) is 1. The largest absolute Gasteiger partial charge is 0.477 e. The zero-order valence-corrected chi connectivity index (χ0v) is 21.2. The lowest BCUT2D eigenvalue weighted by Crippen LogP contribution is -2.71. The number of fused-ring (bicyclic) bond motifs is 1. The molecule has 3 rings (SSSR count). The predicted octanol–water partition coefficient (Wildman–Crippen LogP) is -0.569. The Kier molecular flexibility index (Phi) is 7.92. The zero-order valence-electron chi connectivity index (χ0n) is 19.5. The molecule has 0 bridgehead atoms. The van der Waals surface area contributed by atoms with Crippen LogP contribution in [0.15, 0.2) is 28.6 Å². The first-order valence-electron chi connectivity index (χ1n) is 10.4. The smallest absolute Gasteiger partial charge is 0.352 e. The molecule has 0 radical (unpaired) electrons. The average molecular weight is 525 g/mol. The van der Waals surface area contributed by atoms with E-state index >= 15 is 0 Å². The number of nitrogens with zero attached hydrogens (tertiary/aromatic N) is 5. The van der Waals surface area contributed by atoms with Gasteiger partial charge in [0, 0.05) is 24.2 Å². The summed E-state index contributed by atoms with van der Waals surface area (Å²) >= 11 is 2.20. The minimum Gasteiger partial charge on any atom is -0.477 e. The van der Waals surface area contributed by atoms with E-state index in [0.717, 1.165) is 11.5 Å². The van der Waals surface area contributed by atoms with Crippen LogP contribution in [-0.2, 0) is 24.0 Å². The Bertz CT molecular complexity index is 1140.